The maximum Gasteiger partial charge on any atom is 0.294 e. The highest BCUT2D eigenvalue weighted by Crippen LogP contribution is 2.47. The number of aromatic nitrogens is 4. The molecule has 0 aliphatic carbocycles. The van der Waals surface area contributed by atoms with Crippen molar-refractivity contribution >= 4 is 50.7 Å². The first-order chi connectivity index (χ1) is 28.4. The summed E-state index contributed by atoms with van der Waals surface area (Å²) in [6, 6.07) is 13.6. The van der Waals surface area contributed by atoms with Gasteiger partial charge in [-0.05, 0) is 70.5 Å². The Morgan fingerprint density at radius 1 is 0.683 bits per heavy atom. The average molecular weight is 880 g/mol. The summed E-state index contributed by atoms with van der Waals surface area (Å²) in [6.45, 7) is 10.4. The first-order valence-corrected chi connectivity index (χ1v) is 19.4. The largest absolute Gasteiger partial charge is 0.503 e. The number of nitrogens with zero attached hydrogens (tertiary/aromatic N) is 6. The van der Waals surface area contributed by atoms with Gasteiger partial charge in [0.1, 0.15) is 16.7 Å². The zero-order valence-corrected chi connectivity index (χ0v) is 35.7. The number of carbonyl (C=O) groups is 4. The van der Waals surface area contributed by atoms with Crippen LogP contribution in [0.15, 0.2) is 124 Å². The highest BCUT2D eigenvalue weighted by molar-refractivity contribution is 9.10. The number of ketones is 2. The van der Waals surface area contributed by atoms with E-state index in [1.165, 1.54) is 36.4 Å². The molecule has 2 N–H and O–H groups in total. The molecule has 2 aliphatic rings. The topological polar surface area (TPSA) is 198 Å². The van der Waals surface area contributed by atoms with E-state index in [2.05, 4.69) is 35.9 Å². The van der Waals surface area contributed by atoms with Gasteiger partial charge >= 0.3 is 0 Å². The molecule has 7 rings (SSSR count). The Balaban J connectivity index is 0.000000203. The number of hydrogen-bond donors (Lipinski definition) is 2. The lowest BCUT2D eigenvalue weighted by Crippen LogP contribution is -2.33. The monoisotopic (exact) mass is 878 g/mol. The predicted molar refractivity (Wildman–Crippen MR) is 224 cm³/mol. The Labute approximate surface area is 354 Å². The lowest BCUT2D eigenvalue weighted by Gasteiger charge is -2.29. The molecule has 0 bridgehead atoms. The van der Waals surface area contributed by atoms with Crippen LogP contribution < -0.4 is 19.3 Å². The second kappa shape index (κ2) is 16.9. The molecular formula is C44H43BrN6O9. The van der Waals surface area contributed by atoms with Crippen LogP contribution in [-0.2, 0) is 19.2 Å². The Hall–Kier alpha value is -6.68. The highest BCUT2D eigenvalue weighted by atomic mass is 79.9. The number of aliphatic hydroxyl groups is 2. The minimum atomic E-state index is -0.917. The fourth-order valence-electron chi connectivity index (χ4n) is 6.79. The van der Waals surface area contributed by atoms with Crippen molar-refractivity contribution in [3.63, 3.8) is 0 Å². The van der Waals surface area contributed by atoms with E-state index >= 15 is 0 Å². The van der Waals surface area contributed by atoms with Crippen LogP contribution in [0.5, 0.6) is 11.8 Å². The van der Waals surface area contributed by atoms with Crippen molar-refractivity contribution < 1.29 is 43.3 Å². The van der Waals surface area contributed by atoms with Gasteiger partial charge in [-0.25, -0.2) is 15.0 Å². The van der Waals surface area contributed by atoms with E-state index in [9.17, 15) is 29.4 Å². The van der Waals surface area contributed by atoms with Gasteiger partial charge in [0.25, 0.3) is 11.8 Å². The third kappa shape index (κ3) is 8.14. The minimum absolute atomic E-state index is 0.00714. The Bertz CT molecular complexity index is 2500. The molecule has 0 spiro atoms. The van der Waals surface area contributed by atoms with Gasteiger partial charge in [-0.3, -0.25) is 34.0 Å². The van der Waals surface area contributed by atoms with Gasteiger partial charge in [0, 0.05) is 39.9 Å². The molecule has 5 aromatic rings. The van der Waals surface area contributed by atoms with Crippen LogP contribution in [-0.4, -0.2) is 67.7 Å². The molecule has 5 aromatic heterocycles. The number of carbonyl (C=O) groups excluding carboxylic acids is 4. The fourth-order valence-corrected chi connectivity index (χ4v) is 7.02. The Morgan fingerprint density at radius 2 is 1.15 bits per heavy atom. The van der Waals surface area contributed by atoms with E-state index in [0.29, 0.717) is 32.8 Å². The zero-order valence-electron chi connectivity index (χ0n) is 34.1. The maximum absolute atomic E-state index is 13.3. The number of rotatable bonds is 9. The molecule has 0 fully saturated rings. The summed E-state index contributed by atoms with van der Waals surface area (Å²) in [4.78, 5) is 72.3. The number of furan rings is 1. The second-order valence-electron chi connectivity index (χ2n) is 15.8. The van der Waals surface area contributed by atoms with E-state index in [1.54, 1.807) is 121 Å². The maximum atomic E-state index is 13.3. The molecule has 2 aliphatic heterocycles. The van der Waals surface area contributed by atoms with Crippen LogP contribution >= 0.6 is 15.9 Å². The van der Waals surface area contributed by atoms with Crippen molar-refractivity contribution in [3.8, 4) is 23.0 Å². The number of ether oxygens (including phenoxy) is 2. The van der Waals surface area contributed by atoms with E-state index < -0.39 is 46.2 Å². The van der Waals surface area contributed by atoms with Gasteiger partial charge in [-0.15, -0.1) is 0 Å². The standard InChI is InChI=1S/C24H23N3O5.C20H20BrN3O4/c1-24(2,3)21(29)18-19(16-6-5-10-25-22(16)31-4)27(23(30)20(18)28)15-7-8-17(26-12-15)14-9-11-32-13-14;1-20(2,3)17(26)14-15(12-6-5-9-22-18(12)28-4)24(19(27)16(14)25)11-7-8-13(21)23-10-11/h5-13,19,28H,1-4H3;5-10,15,25H,1-4H3. The molecule has 2 atom stereocenters. The molecule has 2 amide bonds. The smallest absolute Gasteiger partial charge is 0.294 e. The summed E-state index contributed by atoms with van der Waals surface area (Å²) >= 11 is 3.27. The molecule has 310 valence electrons. The van der Waals surface area contributed by atoms with Crippen LogP contribution in [0.25, 0.3) is 11.3 Å². The van der Waals surface area contributed by atoms with Gasteiger partial charge in [-0.1, -0.05) is 41.5 Å². The van der Waals surface area contributed by atoms with Crippen LogP contribution in [0.3, 0.4) is 0 Å². The van der Waals surface area contributed by atoms with Gasteiger partial charge in [0.15, 0.2) is 23.1 Å². The van der Waals surface area contributed by atoms with Crippen molar-refractivity contribution in [1.82, 2.24) is 19.9 Å². The quantitative estimate of drug-likeness (QED) is 0.135. The molecule has 0 radical (unpaired) electrons. The summed E-state index contributed by atoms with van der Waals surface area (Å²) < 4.78 is 16.5. The van der Waals surface area contributed by atoms with Gasteiger partial charge in [0.05, 0.1) is 67.4 Å². The van der Waals surface area contributed by atoms with E-state index in [-0.39, 0.29) is 34.5 Å². The number of halogens is 1. The molecule has 15 nitrogen and oxygen atoms in total. The van der Waals surface area contributed by atoms with Crippen LogP contribution in [0, 0.1) is 10.8 Å². The summed E-state index contributed by atoms with van der Waals surface area (Å²) in [5.41, 5.74) is 1.69. The third-order valence-electron chi connectivity index (χ3n) is 9.68. The molecular weight excluding hydrogens is 836 g/mol. The number of hydrogen-bond acceptors (Lipinski definition) is 13. The molecule has 7 heterocycles. The second-order valence-corrected chi connectivity index (χ2v) is 16.6. The van der Waals surface area contributed by atoms with Crippen molar-refractivity contribution in [2.24, 2.45) is 10.8 Å². The number of Topliss-reactive ketones (excluding diaryl/α,β-unsaturated/α-hetero) is 2. The summed E-state index contributed by atoms with van der Waals surface area (Å²) in [5, 5.41) is 21.4. The molecule has 60 heavy (non-hydrogen) atoms. The highest BCUT2D eigenvalue weighted by Gasteiger charge is 2.49. The zero-order chi connectivity index (χ0) is 43.7. The third-order valence-corrected chi connectivity index (χ3v) is 10.1. The van der Waals surface area contributed by atoms with Crippen LogP contribution in [0.1, 0.15) is 64.8 Å². The van der Waals surface area contributed by atoms with Gasteiger partial charge in [-0.2, -0.15) is 0 Å². The fraction of sp³-hybridized carbons (Fsp3) is 0.273. The lowest BCUT2D eigenvalue weighted by molar-refractivity contribution is -0.123. The Morgan fingerprint density at radius 3 is 1.52 bits per heavy atom. The number of methoxy groups -OCH3 is 2. The number of anilines is 2. The minimum Gasteiger partial charge on any atom is -0.503 e. The van der Waals surface area contributed by atoms with Crippen LogP contribution in [0.4, 0.5) is 11.4 Å². The molecule has 0 saturated carbocycles. The number of aliphatic hydroxyl groups excluding tert-OH is 2. The normalized spacial score (nSPS) is 16.9. The van der Waals surface area contributed by atoms with E-state index in [1.807, 2.05) is 0 Å². The average Bonchev–Trinajstić information content (AvgIpc) is 3.93. The number of amides is 2. The van der Waals surface area contributed by atoms with Gasteiger partial charge in [0.2, 0.25) is 11.8 Å². The first kappa shape index (κ1) is 42.9. The van der Waals surface area contributed by atoms with E-state index in [0.717, 1.165) is 5.56 Å². The molecule has 0 aromatic carbocycles. The molecule has 16 heteroatoms. The predicted octanol–water partition coefficient (Wildman–Crippen LogP) is 8.02. The Kier molecular flexibility index (Phi) is 12.1. The summed E-state index contributed by atoms with van der Waals surface area (Å²) in [6.07, 6.45) is 9.24. The van der Waals surface area contributed by atoms with Gasteiger partial charge < -0.3 is 24.1 Å². The lowest BCUT2D eigenvalue weighted by atomic mass is 9.82. The van der Waals surface area contributed by atoms with E-state index in [4.69, 9.17) is 13.9 Å². The summed E-state index contributed by atoms with van der Waals surface area (Å²) in [5.74, 6) is -2.67. The van der Waals surface area contributed by atoms with Crippen molar-refractivity contribution in [1.29, 1.82) is 0 Å². The van der Waals surface area contributed by atoms with Crippen molar-refractivity contribution in [3.05, 3.63) is 130 Å². The first-order valence-electron chi connectivity index (χ1n) is 18.6. The molecule has 2 unspecified atom stereocenters. The SMILES string of the molecule is COc1ncccc1C1C(C(=O)C(C)(C)C)=C(O)C(=O)N1c1ccc(-c2ccoc2)nc1.COc1ncccc1C1C(C(=O)C(C)(C)C)=C(O)C(=O)N1c1ccc(Br)nc1. The number of pyridine rings is 4. The molecule has 0 saturated heterocycles. The van der Waals surface area contributed by atoms with Crippen molar-refractivity contribution in [2.45, 2.75) is 53.6 Å². The van der Waals surface area contributed by atoms with Crippen LogP contribution in [0.2, 0.25) is 0 Å². The summed E-state index contributed by atoms with van der Waals surface area (Å²) in [7, 11) is 2.92. The van der Waals surface area contributed by atoms with Crippen molar-refractivity contribution in [2.75, 3.05) is 24.0 Å².